The monoisotopic (exact) mass is 330 g/mol. The first kappa shape index (κ1) is 15.3. The fourth-order valence-electron chi connectivity index (χ4n) is 2.50. The third-order valence-electron chi connectivity index (χ3n) is 3.72. The van der Waals surface area contributed by atoms with Crippen molar-refractivity contribution in [1.82, 2.24) is 0 Å². The van der Waals surface area contributed by atoms with Crippen molar-refractivity contribution in [1.29, 1.82) is 0 Å². The van der Waals surface area contributed by atoms with E-state index < -0.39 is 0 Å². The summed E-state index contributed by atoms with van der Waals surface area (Å²) in [7, 11) is 0. The lowest BCUT2D eigenvalue weighted by Gasteiger charge is -2.25. The summed E-state index contributed by atoms with van der Waals surface area (Å²) in [6.45, 7) is 9.00. The van der Waals surface area contributed by atoms with Gasteiger partial charge in [0.1, 0.15) is 0 Å². The molecule has 0 spiro atoms. The van der Waals surface area contributed by atoms with Crippen LogP contribution < -0.4 is 0 Å². The van der Waals surface area contributed by atoms with Crippen LogP contribution in [0, 0.1) is 0 Å². The predicted molar refractivity (Wildman–Crippen MR) is 91.7 cm³/mol. The van der Waals surface area contributed by atoms with Crippen LogP contribution in [0.4, 0.5) is 0 Å². The Morgan fingerprint density at radius 1 is 0.950 bits per heavy atom. The summed E-state index contributed by atoms with van der Waals surface area (Å²) in [5.41, 5.74) is 5.63. The van der Waals surface area contributed by atoms with E-state index in [9.17, 15) is 0 Å². The van der Waals surface area contributed by atoms with E-state index in [4.69, 9.17) is 0 Å². The fourth-order valence-corrected chi connectivity index (χ4v) is 3.21. The zero-order chi connectivity index (χ0) is 14.8. The zero-order valence-corrected chi connectivity index (χ0v) is 14.4. The van der Waals surface area contributed by atoms with Crippen molar-refractivity contribution in [3.05, 3.63) is 70.8 Å². The summed E-state index contributed by atoms with van der Waals surface area (Å²) in [4.78, 5) is 0.254. The van der Waals surface area contributed by atoms with E-state index in [1.807, 2.05) is 0 Å². The molecule has 0 radical (unpaired) electrons. The molecular weight excluding hydrogens is 308 g/mol. The predicted octanol–water partition coefficient (Wildman–Crippen LogP) is 6.03. The second-order valence-corrected chi connectivity index (χ2v) is 7.21. The van der Waals surface area contributed by atoms with E-state index in [1.54, 1.807) is 0 Å². The molecule has 0 bridgehead atoms. The zero-order valence-electron chi connectivity index (χ0n) is 12.8. The molecule has 2 aromatic carbocycles. The average Bonchev–Trinajstić information content (AvgIpc) is 2.46. The quantitative estimate of drug-likeness (QED) is 0.602. The molecule has 0 aliphatic carbocycles. The molecule has 0 fully saturated rings. The number of aryl methyl sites for hydroxylation is 1. The van der Waals surface area contributed by atoms with Gasteiger partial charge < -0.3 is 0 Å². The molecule has 1 atom stereocenters. The highest BCUT2D eigenvalue weighted by atomic mass is 79.9. The highest BCUT2D eigenvalue weighted by Gasteiger charge is 2.21. The maximum absolute atomic E-state index is 3.88. The Balaban J connectivity index is 2.40. The van der Waals surface area contributed by atoms with Gasteiger partial charge in [-0.1, -0.05) is 92.2 Å². The van der Waals surface area contributed by atoms with Gasteiger partial charge >= 0.3 is 0 Å². The van der Waals surface area contributed by atoms with Crippen LogP contribution >= 0.6 is 15.9 Å². The molecule has 0 heterocycles. The van der Waals surface area contributed by atoms with E-state index in [0.29, 0.717) is 0 Å². The summed E-state index contributed by atoms with van der Waals surface area (Å²) < 4.78 is 0. The van der Waals surface area contributed by atoms with Crippen molar-refractivity contribution in [2.24, 2.45) is 0 Å². The van der Waals surface area contributed by atoms with Crippen LogP contribution in [0.25, 0.3) is 0 Å². The normalized spacial score (nSPS) is 13.2. The van der Waals surface area contributed by atoms with Crippen LogP contribution in [0.15, 0.2) is 48.5 Å². The highest BCUT2D eigenvalue weighted by molar-refractivity contribution is 9.09. The third kappa shape index (κ3) is 3.32. The lowest BCUT2D eigenvalue weighted by Crippen LogP contribution is -2.15. The Morgan fingerprint density at radius 2 is 1.55 bits per heavy atom. The van der Waals surface area contributed by atoms with E-state index in [-0.39, 0.29) is 10.2 Å². The lowest BCUT2D eigenvalue weighted by atomic mass is 9.82. The average molecular weight is 331 g/mol. The standard InChI is InChI=1S/C19H23Br/c1-5-14-10-12-15(13-11-14)18(20)16-8-6-7-9-17(16)19(2,3)4/h6-13,18H,5H2,1-4H3. The van der Waals surface area contributed by atoms with E-state index in [0.717, 1.165) is 6.42 Å². The molecule has 1 unspecified atom stereocenters. The molecule has 0 saturated heterocycles. The van der Waals surface area contributed by atoms with Gasteiger partial charge in [-0.3, -0.25) is 0 Å². The summed E-state index contributed by atoms with van der Waals surface area (Å²) in [5, 5.41) is 0. The molecule has 0 nitrogen and oxygen atoms in total. The summed E-state index contributed by atoms with van der Waals surface area (Å²) in [5.74, 6) is 0. The Morgan fingerprint density at radius 3 is 2.10 bits per heavy atom. The van der Waals surface area contributed by atoms with Gasteiger partial charge in [0.15, 0.2) is 0 Å². The molecule has 1 heteroatoms. The van der Waals surface area contributed by atoms with Crippen LogP contribution in [-0.2, 0) is 11.8 Å². The van der Waals surface area contributed by atoms with Crippen molar-refractivity contribution in [3.63, 3.8) is 0 Å². The first-order chi connectivity index (χ1) is 9.43. The van der Waals surface area contributed by atoms with Crippen molar-refractivity contribution < 1.29 is 0 Å². The number of hydrogen-bond acceptors (Lipinski definition) is 0. The maximum atomic E-state index is 3.88. The second-order valence-electron chi connectivity index (χ2n) is 6.29. The molecule has 0 amide bonds. The van der Waals surface area contributed by atoms with E-state index in [1.165, 1.54) is 22.3 Å². The van der Waals surface area contributed by atoms with Gasteiger partial charge in [0, 0.05) is 0 Å². The van der Waals surface area contributed by atoms with Gasteiger partial charge in [0.2, 0.25) is 0 Å². The Bertz CT molecular complexity index is 561. The molecule has 0 aliphatic heterocycles. The molecule has 0 aliphatic rings. The third-order valence-corrected chi connectivity index (χ3v) is 4.74. The van der Waals surface area contributed by atoms with Crippen LogP contribution in [0.2, 0.25) is 0 Å². The SMILES string of the molecule is CCc1ccc(C(Br)c2ccccc2C(C)(C)C)cc1. The molecular formula is C19H23Br. The number of halogens is 1. The van der Waals surface area contributed by atoms with Gasteiger partial charge in [-0.15, -0.1) is 0 Å². The maximum Gasteiger partial charge on any atom is 0.0647 e. The topological polar surface area (TPSA) is 0 Å². The molecule has 2 aromatic rings. The smallest absolute Gasteiger partial charge is 0.0647 e. The number of benzene rings is 2. The lowest BCUT2D eigenvalue weighted by molar-refractivity contribution is 0.584. The fraction of sp³-hybridized carbons (Fsp3) is 0.368. The minimum atomic E-state index is 0.159. The van der Waals surface area contributed by atoms with Gasteiger partial charge in [-0.05, 0) is 34.1 Å². The van der Waals surface area contributed by atoms with Gasteiger partial charge in [0.25, 0.3) is 0 Å². The van der Waals surface area contributed by atoms with Crippen molar-refractivity contribution in [2.45, 2.75) is 44.4 Å². The van der Waals surface area contributed by atoms with Crippen molar-refractivity contribution in [2.75, 3.05) is 0 Å². The molecule has 2 rings (SSSR count). The molecule has 0 saturated carbocycles. The number of alkyl halides is 1. The summed E-state index contributed by atoms with van der Waals surface area (Å²) >= 11 is 3.88. The largest absolute Gasteiger partial charge is 0.0786 e. The first-order valence-corrected chi connectivity index (χ1v) is 8.17. The highest BCUT2D eigenvalue weighted by Crippen LogP contribution is 2.37. The van der Waals surface area contributed by atoms with E-state index in [2.05, 4.69) is 92.2 Å². The van der Waals surface area contributed by atoms with Gasteiger partial charge in [-0.25, -0.2) is 0 Å². The number of hydrogen-bond donors (Lipinski definition) is 0. The first-order valence-electron chi connectivity index (χ1n) is 7.25. The minimum absolute atomic E-state index is 0.159. The van der Waals surface area contributed by atoms with Crippen LogP contribution in [-0.4, -0.2) is 0 Å². The van der Waals surface area contributed by atoms with E-state index >= 15 is 0 Å². The second kappa shape index (κ2) is 6.13. The number of rotatable bonds is 3. The Kier molecular flexibility index (Phi) is 4.70. The molecule has 0 N–H and O–H groups in total. The van der Waals surface area contributed by atoms with Crippen LogP contribution in [0.3, 0.4) is 0 Å². The Hall–Kier alpha value is -1.08. The van der Waals surface area contributed by atoms with Crippen molar-refractivity contribution >= 4 is 15.9 Å². The minimum Gasteiger partial charge on any atom is -0.0786 e. The van der Waals surface area contributed by atoms with Gasteiger partial charge in [-0.2, -0.15) is 0 Å². The van der Waals surface area contributed by atoms with Gasteiger partial charge in [0.05, 0.1) is 4.83 Å². The summed E-state index contributed by atoms with van der Waals surface area (Å²) in [6, 6.07) is 17.6. The molecule has 0 aromatic heterocycles. The molecule has 20 heavy (non-hydrogen) atoms. The molecule has 106 valence electrons. The Labute approximate surface area is 131 Å². The summed E-state index contributed by atoms with van der Waals surface area (Å²) in [6.07, 6.45) is 1.09. The van der Waals surface area contributed by atoms with Crippen LogP contribution in [0.5, 0.6) is 0 Å². The van der Waals surface area contributed by atoms with Crippen molar-refractivity contribution in [3.8, 4) is 0 Å². The van der Waals surface area contributed by atoms with Crippen LogP contribution in [0.1, 0.15) is 54.8 Å².